The van der Waals surface area contributed by atoms with Crippen LogP contribution in [0.25, 0.3) is 0 Å². The van der Waals surface area contributed by atoms with Gasteiger partial charge in [0.05, 0.1) is 0 Å². The number of rotatable bonds is 7. The lowest BCUT2D eigenvalue weighted by Crippen LogP contribution is -2.45. The molecule has 0 saturated carbocycles. The summed E-state index contributed by atoms with van der Waals surface area (Å²) in [5, 5.41) is 3.47. The number of likely N-dealkylation sites (tertiary alicyclic amines) is 1. The van der Waals surface area contributed by atoms with Crippen LogP contribution >= 0.6 is 11.6 Å². The van der Waals surface area contributed by atoms with Crippen LogP contribution in [0.5, 0.6) is 0 Å². The maximum atomic E-state index is 13.1. The van der Waals surface area contributed by atoms with E-state index in [1.807, 2.05) is 6.07 Å². The molecule has 0 bridgehead atoms. The van der Waals surface area contributed by atoms with Gasteiger partial charge >= 0.3 is 0 Å². The van der Waals surface area contributed by atoms with Crippen molar-refractivity contribution in [3.63, 3.8) is 0 Å². The zero-order valence-electron chi connectivity index (χ0n) is 17.9. The fourth-order valence-corrected chi connectivity index (χ4v) is 4.20. The Morgan fingerprint density at radius 1 is 1.18 bits per heavy atom. The maximum absolute atomic E-state index is 13.1. The van der Waals surface area contributed by atoms with Crippen molar-refractivity contribution in [3.8, 4) is 0 Å². The molecule has 0 aliphatic carbocycles. The van der Waals surface area contributed by atoms with Crippen molar-refractivity contribution in [1.29, 1.82) is 0 Å². The average molecular weight is 466 g/mol. The number of nitrogens with one attached hydrogen (secondary N) is 2. The van der Waals surface area contributed by atoms with Crippen LogP contribution in [0.4, 0.5) is 0 Å². The highest BCUT2D eigenvalue weighted by molar-refractivity contribution is 6.30. The first-order chi connectivity index (χ1) is 16.0. The molecule has 1 aromatic carbocycles. The molecule has 2 aromatic heterocycles. The first-order valence-electron chi connectivity index (χ1n) is 10.7. The number of carbonyl (C=O) groups is 3. The molecule has 3 aromatic rings. The van der Waals surface area contributed by atoms with E-state index in [2.05, 4.69) is 15.3 Å². The fraction of sp³-hybridized carbons (Fsp3) is 0.250. The molecule has 2 amide bonds. The molecule has 4 N–H and O–H groups in total. The second-order valence-corrected chi connectivity index (χ2v) is 8.30. The minimum atomic E-state index is -0.584. The number of hydrogen-bond donors (Lipinski definition) is 3. The Morgan fingerprint density at radius 3 is 2.79 bits per heavy atom. The molecular formula is C24H24ClN5O3. The van der Waals surface area contributed by atoms with Crippen LogP contribution in [-0.2, 0) is 17.9 Å². The monoisotopic (exact) mass is 465 g/mol. The molecule has 33 heavy (non-hydrogen) atoms. The van der Waals surface area contributed by atoms with Crippen molar-refractivity contribution in [2.75, 3.05) is 6.54 Å². The molecule has 1 atom stereocenters. The Morgan fingerprint density at radius 2 is 2.03 bits per heavy atom. The standard InChI is InChI=1S/C24H24ClN5O3/c25-19-6-5-15(11-26)17(9-19)13-29-23(32)21-4-2-8-30(21)24(33)20-10-18(14-28-20)22(31)16-3-1-7-27-12-16/h1,3,5-7,9-10,12,14,21,28H,2,4,8,11,13,26H2,(H,29,32)/t21-/m0/s1. The molecule has 1 aliphatic rings. The number of ketones is 1. The summed E-state index contributed by atoms with van der Waals surface area (Å²) in [6.07, 6.45) is 5.86. The number of nitrogens with two attached hydrogens (primary N) is 1. The highest BCUT2D eigenvalue weighted by Crippen LogP contribution is 2.22. The van der Waals surface area contributed by atoms with Crippen molar-refractivity contribution in [1.82, 2.24) is 20.2 Å². The second kappa shape index (κ2) is 9.97. The van der Waals surface area contributed by atoms with Gasteiger partial charge in [-0.25, -0.2) is 0 Å². The van der Waals surface area contributed by atoms with Gasteiger partial charge in [0.2, 0.25) is 5.91 Å². The van der Waals surface area contributed by atoms with E-state index in [0.29, 0.717) is 35.7 Å². The summed E-state index contributed by atoms with van der Waals surface area (Å²) >= 11 is 6.07. The molecule has 9 heteroatoms. The van der Waals surface area contributed by atoms with Gasteiger partial charge in [-0.05, 0) is 54.3 Å². The van der Waals surface area contributed by atoms with E-state index >= 15 is 0 Å². The van der Waals surface area contributed by atoms with Crippen LogP contribution in [0, 0.1) is 0 Å². The SMILES string of the molecule is NCc1ccc(Cl)cc1CNC(=O)[C@@H]1CCCN1C(=O)c1cc(C(=O)c2cccnc2)c[nH]1. The van der Waals surface area contributed by atoms with Crippen LogP contribution in [0.15, 0.2) is 55.0 Å². The topological polar surface area (TPSA) is 121 Å². The number of carbonyl (C=O) groups excluding carboxylic acids is 3. The molecule has 0 unspecified atom stereocenters. The molecule has 4 rings (SSSR count). The van der Waals surface area contributed by atoms with Crippen LogP contribution in [0.2, 0.25) is 5.02 Å². The average Bonchev–Trinajstić information content (AvgIpc) is 3.53. The van der Waals surface area contributed by atoms with E-state index in [9.17, 15) is 14.4 Å². The second-order valence-electron chi connectivity index (χ2n) is 7.86. The van der Waals surface area contributed by atoms with E-state index < -0.39 is 6.04 Å². The minimum Gasteiger partial charge on any atom is -0.356 e. The zero-order valence-corrected chi connectivity index (χ0v) is 18.6. The summed E-state index contributed by atoms with van der Waals surface area (Å²) in [5.41, 5.74) is 8.59. The number of hydrogen-bond acceptors (Lipinski definition) is 5. The summed E-state index contributed by atoms with van der Waals surface area (Å²) in [6, 6.07) is 9.66. The van der Waals surface area contributed by atoms with Crippen molar-refractivity contribution >= 4 is 29.2 Å². The van der Waals surface area contributed by atoms with Gasteiger partial charge in [-0.15, -0.1) is 0 Å². The lowest BCUT2D eigenvalue weighted by atomic mass is 10.1. The summed E-state index contributed by atoms with van der Waals surface area (Å²) in [7, 11) is 0. The molecule has 8 nitrogen and oxygen atoms in total. The number of H-pyrrole nitrogens is 1. The van der Waals surface area contributed by atoms with Gasteiger partial charge in [0.25, 0.3) is 5.91 Å². The van der Waals surface area contributed by atoms with Gasteiger partial charge in [-0.3, -0.25) is 19.4 Å². The Kier molecular flexibility index (Phi) is 6.86. The molecule has 1 fully saturated rings. The number of pyridine rings is 1. The van der Waals surface area contributed by atoms with E-state index in [1.165, 1.54) is 18.5 Å². The predicted octanol–water partition coefficient (Wildman–Crippen LogP) is 2.67. The quantitative estimate of drug-likeness (QED) is 0.463. The van der Waals surface area contributed by atoms with E-state index in [4.69, 9.17) is 17.3 Å². The van der Waals surface area contributed by atoms with Gasteiger partial charge in [0.15, 0.2) is 5.78 Å². The van der Waals surface area contributed by atoms with Crippen molar-refractivity contribution in [2.45, 2.75) is 32.0 Å². The van der Waals surface area contributed by atoms with Crippen molar-refractivity contribution in [2.24, 2.45) is 5.73 Å². The third kappa shape index (κ3) is 4.97. The van der Waals surface area contributed by atoms with Crippen LogP contribution in [0.3, 0.4) is 0 Å². The summed E-state index contributed by atoms with van der Waals surface area (Å²) in [6.45, 7) is 1.08. The Bertz CT molecular complexity index is 1180. The maximum Gasteiger partial charge on any atom is 0.270 e. The lowest BCUT2D eigenvalue weighted by Gasteiger charge is -2.23. The predicted molar refractivity (Wildman–Crippen MR) is 124 cm³/mol. The van der Waals surface area contributed by atoms with Crippen LogP contribution < -0.4 is 11.1 Å². The minimum absolute atomic E-state index is 0.230. The largest absolute Gasteiger partial charge is 0.356 e. The number of aromatic amines is 1. The smallest absolute Gasteiger partial charge is 0.270 e. The lowest BCUT2D eigenvalue weighted by molar-refractivity contribution is -0.125. The van der Waals surface area contributed by atoms with Gasteiger partial charge < -0.3 is 20.9 Å². The van der Waals surface area contributed by atoms with Gasteiger partial charge in [0.1, 0.15) is 11.7 Å². The first-order valence-corrected chi connectivity index (χ1v) is 11.0. The molecule has 0 radical (unpaired) electrons. The van der Waals surface area contributed by atoms with Crippen molar-refractivity contribution in [3.05, 3.63) is 88.0 Å². The molecule has 170 valence electrons. The summed E-state index contributed by atoms with van der Waals surface area (Å²) in [4.78, 5) is 47.0. The molecule has 1 saturated heterocycles. The fourth-order valence-electron chi connectivity index (χ4n) is 4.01. The number of nitrogens with zero attached hydrogens (tertiary/aromatic N) is 2. The van der Waals surface area contributed by atoms with Crippen LogP contribution in [0.1, 0.15) is 50.4 Å². The highest BCUT2D eigenvalue weighted by Gasteiger charge is 2.35. The number of aromatic nitrogens is 2. The zero-order chi connectivity index (χ0) is 23.4. The summed E-state index contributed by atoms with van der Waals surface area (Å²) in [5.74, 6) is -0.781. The molecule has 0 spiro atoms. The normalized spacial score (nSPS) is 15.5. The van der Waals surface area contributed by atoms with Gasteiger partial charge in [0, 0.05) is 54.4 Å². The third-order valence-corrected chi connectivity index (χ3v) is 5.99. The van der Waals surface area contributed by atoms with E-state index in [0.717, 1.165) is 17.5 Å². The Hall–Kier alpha value is -3.49. The summed E-state index contributed by atoms with van der Waals surface area (Å²) < 4.78 is 0. The van der Waals surface area contributed by atoms with Gasteiger partial charge in [-0.2, -0.15) is 0 Å². The first kappa shape index (κ1) is 22.7. The number of halogens is 1. The Labute approximate surface area is 196 Å². The molecule has 3 heterocycles. The molecule has 1 aliphatic heterocycles. The van der Waals surface area contributed by atoms with Crippen molar-refractivity contribution < 1.29 is 14.4 Å². The van der Waals surface area contributed by atoms with E-state index in [-0.39, 0.29) is 29.8 Å². The number of benzene rings is 1. The van der Waals surface area contributed by atoms with Gasteiger partial charge in [-0.1, -0.05) is 17.7 Å². The van der Waals surface area contributed by atoms with Crippen LogP contribution in [-0.4, -0.2) is 45.1 Å². The Balaban J connectivity index is 1.43. The number of amides is 2. The highest BCUT2D eigenvalue weighted by atomic mass is 35.5. The van der Waals surface area contributed by atoms with E-state index in [1.54, 1.807) is 35.4 Å². The molecular weight excluding hydrogens is 442 g/mol. The third-order valence-electron chi connectivity index (χ3n) is 5.76.